The summed E-state index contributed by atoms with van der Waals surface area (Å²) in [6.07, 6.45) is 1.98. The average molecular weight is 316 g/mol. The van der Waals surface area contributed by atoms with E-state index in [-0.39, 0.29) is 4.47 Å². The van der Waals surface area contributed by atoms with Gasteiger partial charge in [0, 0.05) is 10.7 Å². The lowest BCUT2D eigenvalue weighted by Crippen LogP contribution is -2.09. The SMILES string of the molecule is O=C(c1ccncc1F)c1c(F)cc(Br)cc1F. The monoisotopic (exact) mass is 315 g/mol. The molecular formula is C12H5BrF3NO. The molecule has 0 aliphatic carbocycles. The topological polar surface area (TPSA) is 30.0 Å². The molecule has 0 fully saturated rings. The maximum Gasteiger partial charge on any atom is 0.201 e. The van der Waals surface area contributed by atoms with E-state index in [2.05, 4.69) is 20.9 Å². The summed E-state index contributed by atoms with van der Waals surface area (Å²) in [5.41, 5.74) is -1.21. The fourth-order valence-electron chi connectivity index (χ4n) is 1.45. The molecule has 0 N–H and O–H groups in total. The second kappa shape index (κ2) is 4.89. The van der Waals surface area contributed by atoms with E-state index in [9.17, 15) is 18.0 Å². The van der Waals surface area contributed by atoms with Gasteiger partial charge >= 0.3 is 0 Å². The lowest BCUT2D eigenvalue weighted by Gasteiger charge is -2.05. The van der Waals surface area contributed by atoms with Crippen LogP contribution >= 0.6 is 15.9 Å². The van der Waals surface area contributed by atoms with Gasteiger partial charge in [-0.25, -0.2) is 13.2 Å². The number of aromatic nitrogens is 1. The van der Waals surface area contributed by atoms with Gasteiger partial charge in [0.2, 0.25) is 5.78 Å². The van der Waals surface area contributed by atoms with Gasteiger partial charge in [0.1, 0.15) is 11.6 Å². The number of carbonyl (C=O) groups excluding carboxylic acids is 1. The third-order valence-corrected chi connectivity index (χ3v) is 2.71. The van der Waals surface area contributed by atoms with Gasteiger partial charge in [0.05, 0.1) is 17.3 Å². The predicted molar refractivity (Wildman–Crippen MR) is 61.7 cm³/mol. The van der Waals surface area contributed by atoms with Crippen LogP contribution in [-0.2, 0) is 0 Å². The Morgan fingerprint density at radius 2 is 1.72 bits per heavy atom. The summed E-state index contributed by atoms with van der Waals surface area (Å²) in [5.74, 6) is -4.09. The molecule has 18 heavy (non-hydrogen) atoms. The Hall–Kier alpha value is -1.69. The van der Waals surface area contributed by atoms with Crippen LogP contribution in [0.1, 0.15) is 15.9 Å². The normalized spacial score (nSPS) is 10.4. The molecule has 0 unspecified atom stereocenters. The molecule has 0 amide bonds. The summed E-state index contributed by atoms with van der Waals surface area (Å²) in [7, 11) is 0. The molecule has 0 saturated carbocycles. The maximum absolute atomic E-state index is 13.6. The summed E-state index contributed by atoms with van der Waals surface area (Å²) in [6, 6.07) is 2.95. The van der Waals surface area contributed by atoms with E-state index in [0.29, 0.717) is 0 Å². The van der Waals surface area contributed by atoms with E-state index in [1.165, 1.54) is 6.20 Å². The standard InChI is InChI=1S/C12H5BrF3NO/c13-6-3-8(14)11(9(15)4-6)12(18)7-1-2-17-5-10(7)16/h1-5H. The molecule has 0 saturated heterocycles. The highest BCUT2D eigenvalue weighted by Crippen LogP contribution is 2.22. The Balaban J connectivity index is 2.57. The average Bonchev–Trinajstić information content (AvgIpc) is 2.27. The molecule has 1 aromatic heterocycles. The number of pyridine rings is 1. The Morgan fingerprint density at radius 1 is 1.11 bits per heavy atom. The quantitative estimate of drug-likeness (QED) is 0.794. The molecule has 1 heterocycles. The van der Waals surface area contributed by atoms with Gasteiger partial charge in [0.25, 0.3) is 0 Å². The first-order valence-corrected chi connectivity index (χ1v) is 5.58. The van der Waals surface area contributed by atoms with Crippen molar-refractivity contribution in [1.82, 2.24) is 4.98 Å². The van der Waals surface area contributed by atoms with Crippen molar-refractivity contribution in [3.63, 3.8) is 0 Å². The Morgan fingerprint density at radius 3 is 2.28 bits per heavy atom. The van der Waals surface area contributed by atoms with Crippen molar-refractivity contribution in [2.45, 2.75) is 0 Å². The Kier molecular flexibility index (Phi) is 3.47. The van der Waals surface area contributed by atoms with Crippen molar-refractivity contribution >= 4 is 21.7 Å². The van der Waals surface area contributed by atoms with Gasteiger partial charge in [0.15, 0.2) is 5.82 Å². The van der Waals surface area contributed by atoms with Gasteiger partial charge < -0.3 is 0 Å². The minimum absolute atomic E-state index is 0.157. The maximum atomic E-state index is 13.6. The highest BCUT2D eigenvalue weighted by Gasteiger charge is 2.22. The van der Waals surface area contributed by atoms with Crippen LogP contribution in [0.4, 0.5) is 13.2 Å². The van der Waals surface area contributed by atoms with Crippen LogP contribution in [-0.4, -0.2) is 10.8 Å². The van der Waals surface area contributed by atoms with Gasteiger partial charge in [-0.05, 0) is 18.2 Å². The van der Waals surface area contributed by atoms with Crippen molar-refractivity contribution in [1.29, 1.82) is 0 Å². The summed E-state index contributed by atoms with van der Waals surface area (Å²) >= 11 is 2.89. The first kappa shape index (κ1) is 12.8. The third kappa shape index (κ3) is 2.28. The molecule has 6 heteroatoms. The minimum atomic E-state index is -1.06. The van der Waals surface area contributed by atoms with Crippen molar-refractivity contribution in [3.8, 4) is 0 Å². The highest BCUT2D eigenvalue weighted by atomic mass is 79.9. The fourth-order valence-corrected chi connectivity index (χ4v) is 1.86. The lowest BCUT2D eigenvalue weighted by molar-refractivity contribution is 0.102. The molecule has 2 nitrogen and oxygen atoms in total. The highest BCUT2D eigenvalue weighted by molar-refractivity contribution is 9.10. The summed E-state index contributed by atoms with van der Waals surface area (Å²) in [6.45, 7) is 0. The number of halogens is 4. The number of benzene rings is 1. The molecular weight excluding hydrogens is 311 g/mol. The number of nitrogens with zero attached hydrogens (tertiary/aromatic N) is 1. The second-order valence-corrected chi connectivity index (χ2v) is 4.34. The molecule has 0 spiro atoms. The van der Waals surface area contributed by atoms with Crippen LogP contribution in [0.25, 0.3) is 0 Å². The predicted octanol–water partition coefficient (Wildman–Crippen LogP) is 3.49. The van der Waals surface area contributed by atoms with Crippen LogP contribution in [0.3, 0.4) is 0 Å². The van der Waals surface area contributed by atoms with Crippen molar-refractivity contribution in [3.05, 3.63) is 63.6 Å². The van der Waals surface area contributed by atoms with Crippen molar-refractivity contribution in [2.24, 2.45) is 0 Å². The second-order valence-electron chi connectivity index (χ2n) is 3.43. The summed E-state index contributed by atoms with van der Waals surface area (Å²) < 4.78 is 40.6. The van der Waals surface area contributed by atoms with E-state index >= 15 is 0 Å². The molecule has 92 valence electrons. The smallest absolute Gasteiger partial charge is 0.201 e. The van der Waals surface area contributed by atoms with E-state index < -0.39 is 34.4 Å². The number of rotatable bonds is 2. The van der Waals surface area contributed by atoms with E-state index in [0.717, 1.165) is 24.4 Å². The Bertz CT molecular complexity index is 607. The van der Waals surface area contributed by atoms with Gasteiger partial charge in [-0.1, -0.05) is 15.9 Å². The Labute approximate surface area is 109 Å². The number of hydrogen-bond donors (Lipinski definition) is 0. The number of hydrogen-bond acceptors (Lipinski definition) is 2. The van der Waals surface area contributed by atoms with Crippen molar-refractivity contribution in [2.75, 3.05) is 0 Å². The summed E-state index contributed by atoms with van der Waals surface area (Å²) in [4.78, 5) is 15.3. The molecule has 2 aromatic rings. The molecule has 0 aliphatic rings. The van der Waals surface area contributed by atoms with Crippen LogP contribution in [0, 0.1) is 17.5 Å². The van der Waals surface area contributed by atoms with Crippen LogP contribution in [0.2, 0.25) is 0 Å². The van der Waals surface area contributed by atoms with E-state index in [1.807, 2.05) is 0 Å². The zero-order valence-electron chi connectivity index (χ0n) is 8.75. The van der Waals surface area contributed by atoms with E-state index in [4.69, 9.17) is 0 Å². The molecule has 0 atom stereocenters. The lowest BCUT2D eigenvalue weighted by atomic mass is 10.0. The fraction of sp³-hybridized carbons (Fsp3) is 0. The molecule has 0 aliphatic heterocycles. The third-order valence-electron chi connectivity index (χ3n) is 2.25. The van der Waals surface area contributed by atoms with Crippen LogP contribution < -0.4 is 0 Å². The van der Waals surface area contributed by atoms with Gasteiger partial charge in [-0.3, -0.25) is 9.78 Å². The van der Waals surface area contributed by atoms with Crippen LogP contribution in [0.5, 0.6) is 0 Å². The summed E-state index contributed by atoms with van der Waals surface area (Å²) in [5, 5.41) is 0. The zero-order valence-corrected chi connectivity index (χ0v) is 10.3. The van der Waals surface area contributed by atoms with Gasteiger partial charge in [-0.15, -0.1) is 0 Å². The minimum Gasteiger partial charge on any atom is -0.288 e. The van der Waals surface area contributed by atoms with Gasteiger partial charge in [-0.2, -0.15) is 0 Å². The molecule has 2 rings (SSSR count). The van der Waals surface area contributed by atoms with E-state index in [1.54, 1.807) is 0 Å². The van der Waals surface area contributed by atoms with Crippen molar-refractivity contribution < 1.29 is 18.0 Å². The molecule has 1 aromatic carbocycles. The zero-order chi connectivity index (χ0) is 13.3. The largest absolute Gasteiger partial charge is 0.288 e. The first-order valence-electron chi connectivity index (χ1n) is 4.79. The molecule has 0 radical (unpaired) electrons. The van der Waals surface area contributed by atoms with Crippen LogP contribution in [0.15, 0.2) is 35.1 Å². The molecule has 0 bridgehead atoms. The number of ketones is 1. The first-order chi connectivity index (χ1) is 8.50. The number of carbonyl (C=O) groups is 1.